The van der Waals surface area contributed by atoms with Crippen LogP contribution in [0.1, 0.15) is 29.6 Å². The van der Waals surface area contributed by atoms with E-state index in [4.69, 9.17) is 5.73 Å². The monoisotopic (exact) mass is 348 g/mol. The lowest BCUT2D eigenvalue weighted by molar-refractivity contribution is 0.509. The average molecular weight is 348 g/mol. The number of aromatic nitrogens is 5. The molecule has 0 bridgehead atoms. The number of nitrogens with two attached hydrogens (primary N) is 1. The first-order valence-electron chi connectivity index (χ1n) is 7.44. The Balaban J connectivity index is 1.66. The van der Waals surface area contributed by atoms with Gasteiger partial charge in [0.1, 0.15) is 10.7 Å². The van der Waals surface area contributed by atoms with Gasteiger partial charge in [0.25, 0.3) is 5.56 Å². The van der Waals surface area contributed by atoms with Crippen LogP contribution in [0.4, 0.5) is 5.95 Å². The number of aryl methyl sites for hydroxylation is 1. The number of anilines is 1. The van der Waals surface area contributed by atoms with E-state index in [0.29, 0.717) is 22.7 Å². The summed E-state index contributed by atoms with van der Waals surface area (Å²) < 4.78 is 0. The molecule has 3 aromatic heterocycles. The van der Waals surface area contributed by atoms with Crippen LogP contribution in [0.3, 0.4) is 0 Å². The second-order valence-corrected chi connectivity index (χ2v) is 7.86. The van der Waals surface area contributed by atoms with E-state index in [1.165, 1.54) is 22.2 Å². The van der Waals surface area contributed by atoms with Crippen molar-refractivity contribution in [2.24, 2.45) is 5.92 Å². The number of hydrogen-bond donors (Lipinski definition) is 3. The molecule has 7 nitrogen and oxygen atoms in total. The molecule has 0 unspecified atom stereocenters. The fraction of sp³-hybridized carbons (Fsp3) is 0.429. The molecule has 0 spiro atoms. The zero-order chi connectivity index (χ0) is 16.0. The molecule has 0 amide bonds. The Morgan fingerprint density at radius 1 is 1.43 bits per heavy atom. The molecule has 3 aromatic rings. The van der Waals surface area contributed by atoms with Gasteiger partial charge in [-0.2, -0.15) is 4.98 Å². The second-order valence-electron chi connectivity index (χ2n) is 5.84. The lowest BCUT2D eigenvalue weighted by Gasteiger charge is -2.17. The first-order chi connectivity index (χ1) is 11.1. The maximum atomic E-state index is 12.5. The Labute approximate surface area is 140 Å². The van der Waals surface area contributed by atoms with Crippen LogP contribution in [0.5, 0.6) is 0 Å². The summed E-state index contributed by atoms with van der Waals surface area (Å²) in [4.78, 5) is 26.2. The normalized spacial score (nSPS) is 17.5. The van der Waals surface area contributed by atoms with Crippen LogP contribution in [0.15, 0.2) is 9.95 Å². The van der Waals surface area contributed by atoms with Crippen molar-refractivity contribution in [2.45, 2.75) is 37.1 Å². The first-order valence-corrected chi connectivity index (χ1v) is 9.24. The van der Waals surface area contributed by atoms with Gasteiger partial charge in [0.2, 0.25) is 11.1 Å². The summed E-state index contributed by atoms with van der Waals surface area (Å²) in [6.45, 7) is 2.26. The molecule has 1 aliphatic carbocycles. The number of thioether (sulfide) groups is 1. The molecule has 3 heterocycles. The Kier molecular flexibility index (Phi) is 3.61. The van der Waals surface area contributed by atoms with Gasteiger partial charge in [0, 0.05) is 4.88 Å². The molecule has 4 rings (SSSR count). The highest BCUT2D eigenvalue weighted by atomic mass is 32.2. The van der Waals surface area contributed by atoms with Gasteiger partial charge in [-0.1, -0.05) is 18.7 Å². The van der Waals surface area contributed by atoms with E-state index in [9.17, 15) is 4.79 Å². The molecule has 0 aliphatic heterocycles. The molecule has 0 aromatic carbocycles. The number of nitrogens with one attached hydrogen (secondary N) is 2. The first kappa shape index (κ1) is 14.7. The third-order valence-electron chi connectivity index (χ3n) is 4.03. The fourth-order valence-corrected chi connectivity index (χ4v) is 5.00. The van der Waals surface area contributed by atoms with E-state index < -0.39 is 0 Å². The van der Waals surface area contributed by atoms with Gasteiger partial charge in [-0.05, 0) is 30.7 Å². The standard InChI is InChI=1S/C14H16N6OS2/c1-6-2-3-7-8(4-6)23-12-10(7)11(21)16-9(17-12)5-22-14-18-13(15)19-20-14/h6H,2-5H2,1H3,(H,16,17,21)(H3,15,18,19,20)/t6-/m0/s1. The van der Waals surface area contributed by atoms with Gasteiger partial charge in [-0.3, -0.25) is 4.79 Å². The Morgan fingerprint density at radius 3 is 3.09 bits per heavy atom. The fourth-order valence-electron chi connectivity index (χ4n) is 2.92. The Hall–Kier alpha value is -1.87. The number of aromatic amines is 2. The van der Waals surface area contributed by atoms with Crippen molar-refractivity contribution in [3.63, 3.8) is 0 Å². The van der Waals surface area contributed by atoms with Crippen LogP contribution >= 0.6 is 23.1 Å². The molecule has 0 saturated heterocycles. The summed E-state index contributed by atoms with van der Waals surface area (Å²) in [6, 6.07) is 0. The predicted octanol–water partition coefficient (Wildman–Crippen LogP) is 2.10. The number of nitrogens with zero attached hydrogens (tertiary/aromatic N) is 3. The maximum absolute atomic E-state index is 12.5. The van der Waals surface area contributed by atoms with Crippen molar-refractivity contribution in [1.82, 2.24) is 25.1 Å². The minimum absolute atomic E-state index is 0.0350. The quantitative estimate of drug-likeness (QED) is 0.625. The third kappa shape index (κ3) is 2.74. The number of fused-ring (bicyclic) bond motifs is 3. The predicted molar refractivity (Wildman–Crippen MR) is 91.8 cm³/mol. The van der Waals surface area contributed by atoms with E-state index in [-0.39, 0.29) is 11.5 Å². The molecule has 1 atom stereocenters. The maximum Gasteiger partial charge on any atom is 0.259 e. The molecule has 120 valence electrons. The highest BCUT2D eigenvalue weighted by Crippen LogP contribution is 2.35. The van der Waals surface area contributed by atoms with Crippen LogP contribution < -0.4 is 11.3 Å². The van der Waals surface area contributed by atoms with E-state index in [1.54, 1.807) is 11.3 Å². The van der Waals surface area contributed by atoms with Gasteiger partial charge < -0.3 is 10.7 Å². The summed E-state index contributed by atoms with van der Waals surface area (Å²) in [7, 11) is 0. The van der Waals surface area contributed by atoms with Gasteiger partial charge in [-0.25, -0.2) is 10.1 Å². The SMILES string of the molecule is C[C@H]1CCc2c(sc3nc(CSc4n[nH]c(N)n4)[nH]c(=O)c23)C1. The van der Waals surface area contributed by atoms with Crippen LogP contribution in [-0.2, 0) is 18.6 Å². The van der Waals surface area contributed by atoms with Crippen LogP contribution in [0, 0.1) is 5.92 Å². The van der Waals surface area contributed by atoms with Gasteiger partial charge in [0.15, 0.2) is 0 Å². The summed E-state index contributed by atoms with van der Waals surface area (Å²) in [5.74, 6) is 2.11. The smallest absolute Gasteiger partial charge is 0.259 e. The highest BCUT2D eigenvalue weighted by molar-refractivity contribution is 7.98. The molecule has 4 N–H and O–H groups in total. The molecule has 23 heavy (non-hydrogen) atoms. The topological polar surface area (TPSA) is 113 Å². The molecular formula is C14H16N6OS2. The summed E-state index contributed by atoms with van der Waals surface area (Å²) in [5.41, 5.74) is 6.67. The minimum Gasteiger partial charge on any atom is -0.368 e. The summed E-state index contributed by atoms with van der Waals surface area (Å²) in [6.07, 6.45) is 3.17. The van der Waals surface area contributed by atoms with Crippen molar-refractivity contribution in [2.75, 3.05) is 5.73 Å². The van der Waals surface area contributed by atoms with Gasteiger partial charge in [0.05, 0.1) is 11.1 Å². The number of H-pyrrole nitrogens is 2. The molecule has 0 fully saturated rings. The lowest BCUT2D eigenvalue weighted by atomic mass is 9.89. The van der Waals surface area contributed by atoms with Crippen molar-refractivity contribution >= 4 is 39.3 Å². The lowest BCUT2D eigenvalue weighted by Crippen LogP contribution is -2.14. The van der Waals surface area contributed by atoms with Crippen molar-refractivity contribution in [1.29, 1.82) is 0 Å². The van der Waals surface area contributed by atoms with Crippen molar-refractivity contribution in [3.05, 3.63) is 26.6 Å². The summed E-state index contributed by atoms with van der Waals surface area (Å²) >= 11 is 3.05. The molecule has 0 saturated carbocycles. The van der Waals surface area contributed by atoms with Crippen LogP contribution in [0.2, 0.25) is 0 Å². The minimum atomic E-state index is -0.0350. The van der Waals surface area contributed by atoms with E-state index in [0.717, 1.165) is 29.5 Å². The Bertz CT molecular complexity index is 927. The van der Waals surface area contributed by atoms with Crippen molar-refractivity contribution < 1.29 is 0 Å². The van der Waals surface area contributed by atoms with E-state index in [2.05, 4.69) is 32.1 Å². The van der Waals surface area contributed by atoms with E-state index >= 15 is 0 Å². The summed E-state index contributed by atoms with van der Waals surface area (Å²) in [5, 5.41) is 7.88. The Morgan fingerprint density at radius 2 is 2.30 bits per heavy atom. The van der Waals surface area contributed by atoms with Gasteiger partial charge in [-0.15, -0.1) is 16.4 Å². The highest BCUT2D eigenvalue weighted by Gasteiger charge is 2.23. The molecular weight excluding hydrogens is 332 g/mol. The number of thiophene rings is 1. The van der Waals surface area contributed by atoms with E-state index in [1.807, 2.05) is 0 Å². The molecule has 0 radical (unpaired) electrons. The van der Waals surface area contributed by atoms with Crippen molar-refractivity contribution in [3.8, 4) is 0 Å². The largest absolute Gasteiger partial charge is 0.368 e. The number of rotatable bonds is 3. The molecule has 9 heteroatoms. The average Bonchev–Trinajstić information content (AvgIpc) is 3.07. The number of nitrogen functional groups attached to an aromatic ring is 1. The zero-order valence-corrected chi connectivity index (χ0v) is 14.2. The van der Waals surface area contributed by atoms with Crippen LogP contribution in [0.25, 0.3) is 10.2 Å². The zero-order valence-electron chi connectivity index (χ0n) is 12.5. The molecule has 1 aliphatic rings. The second kappa shape index (κ2) is 5.64. The number of hydrogen-bond acceptors (Lipinski definition) is 7. The third-order valence-corrected chi connectivity index (χ3v) is 6.04. The van der Waals surface area contributed by atoms with Crippen LogP contribution in [-0.4, -0.2) is 25.1 Å². The van der Waals surface area contributed by atoms with Gasteiger partial charge >= 0.3 is 0 Å².